The van der Waals surface area contributed by atoms with E-state index in [1.54, 1.807) is 0 Å². The Morgan fingerprint density at radius 3 is 2.78 bits per heavy atom. The van der Waals surface area contributed by atoms with Crippen molar-refractivity contribution in [2.45, 2.75) is 6.54 Å². The van der Waals surface area contributed by atoms with Gasteiger partial charge in [0.1, 0.15) is 5.82 Å². The monoisotopic (exact) mass is 431 g/mol. The predicted octanol–water partition coefficient (Wildman–Crippen LogP) is 2.82. The number of anilines is 1. The zero-order chi connectivity index (χ0) is 21.9. The molecule has 162 valence electrons. The van der Waals surface area contributed by atoms with E-state index in [1.165, 1.54) is 18.5 Å². The highest BCUT2D eigenvalue weighted by molar-refractivity contribution is 6.11. The van der Waals surface area contributed by atoms with Crippen LogP contribution in [0.5, 0.6) is 0 Å². The molecular weight excluding hydrogens is 409 g/mol. The van der Waals surface area contributed by atoms with E-state index in [0.717, 1.165) is 54.9 Å². The van der Waals surface area contributed by atoms with Crippen molar-refractivity contribution in [2.75, 3.05) is 31.5 Å². The van der Waals surface area contributed by atoms with Crippen molar-refractivity contribution in [3.8, 4) is 11.1 Å². The number of aromatic nitrogens is 4. The van der Waals surface area contributed by atoms with Crippen molar-refractivity contribution < 1.29 is 9.18 Å². The number of rotatable bonds is 5. The Morgan fingerprint density at radius 1 is 1.06 bits per heavy atom. The van der Waals surface area contributed by atoms with Gasteiger partial charge in [-0.2, -0.15) is 5.10 Å². The lowest BCUT2D eigenvalue weighted by Crippen LogP contribution is -2.42. The van der Waals surface area contributed by atoms with Gasteiger partial charge in [-0.1, -0.05) is 6.07 Å². The molecular formula is C23H22FN7O. The lowest BCUT2D eigenvalue weighted by atomic mass is 10.0. The first kappa shape index (κ1) is 20.2. The summed E-state index contributed by atoms with van der Waals surface area (Å²) >= 11 is 0. The van der Waals surface area contributed by atoms with Crippen LogP contribution in [0.1, 0.15) is 16.1 Å². The van der Waals surface area contributed by atoms with E-state index < -0.39 is 11.7 Å². The number of halogens is 1. The van der Waals surface area contributed by atoms with Gasteiger partial charge in [0.25, 0.3) is 5.91 Å². The summed E-state index contributed by atoms with van der Waals surface area (Å²) in [6, 6.07) is 9.06. The van der Waals surface area contributed by atoms with E-state index in [-0.39, 0.29) is 11.4 Å². The standard InChI is InChI=1S/C23H22FN7O/c24-19-3-4-26-13-21(19)28-23(32)22-18-10-16(1-2-20(18)29-30-22)17-9-15(11-27-12-17)14-31-7-5-25-6-8-31/h1-4,9-13,25H,5-8,14H2,(H,28,32)(H,29,30). The van der Waals surface area contributed by atoms with Crippen molar-refractivity contribution in [3.63, 3.8) is 0 Å². The van der Waals surface area contributed by atoms with Crippen LogP contribution in [0.3, 0.4) is 0 Å². The van der Waals surface area contributed by atoms with Gasteiger partial charge < -0.3 is 10.6 Å². The minimum absolute atomic E-state index is 0.00891. The molecule has 3 aromatic heterocycles. The molecule has 0 radical (unpaired) electrons. The van der Waals surface area contributed by atoms with Gasteiger partial charge in [-0.25, -0.2) is 4.39 Å². The number of fused-ring (bicyclic) bond motifs is 1. The molecule has 3 N–H and O–H groups in total. The van der Waals surface area contributed by atoms with Crippen LogP contribution in [0.4, 0.5) is 10.1 Å². The number of benzene rings is 1. The lowest BCUT2D eigenvalue weighted by molar-refractivity contribution is 0.102. The van der Waals surface area contributed by atoms with Crippen molar-refractivity contribution >= 4 is 22.5 Å². The topological polar surface area (TPSA) is 98.8 Å². The van der Waals surface area contributed by atoms with E-state index in [1.807, 2.05) is 30.6 Å². The number of H-pyrrole nitrogens is 1. The highest BCUT2D eigenvalue weighted by atomic mass is 19.1. The highest BCUT2D eigenvalue weighted by Crippen LogP contribution is 2.26. The molecule has 8 nitrogen and oxygen atoms in total. The van der Waals surface area contributed by atoms with Crippen molar-refractivity contribution in [1.29, 1.82) is 0 Å². The molecule has 0 aliphatic carbocycles. The van der Waals surface area contributed by atoms with Crippen molar-refractivity contribution in [3.05, 3.63) is 72.2 Å². The normalized spacial score (nSPS) is 14.5. The van der Waals surface area contributed by atoms with E-state index in [0.29, 0.717) is 5.39 Å². The molecule has 0 saturated carbocycles. The number of nitrogens with one attached hydrogen (secondary N) is 3. The summed E-state index contributed by atoms with van der Waals surface area (Å²) in [5, 5.41) is 13.6. The molecule has 4 aromatic rings. The third kappa shape index (κ3) is 4.20. The quantitative estimate of drug-likeness (QED) is 0.450. The van der Waals surface area contributed by atoms with Crippen molar-refractivity contribution in [1.82, 2.24) is 30.4 Å². The Kier molecular flexibility index (Phi) is 5.57. The van der Waals surface area contributed by atoms with Crippen LogP contribution in [0, 0.1) is 5.82 Å². The molecule has 1 amide bonds. The van der Waals surface area contributed by atoms with Crippen LogP contribution in [0.15, 0.2) is 55.1 Å². The fourth-order valence-electron chi connectivity index (χ4n) is 3.88. The first-order valence-electron chi connectivity index (χ1n) is 10.4. The van der Waals surface area contributed by atoms with Gasteiger partial charge in [-0.15, -0.1) is 0 Å². The van der Waals surface area contributed by atoms with Crippen LogP contribution < -0.4 is 10.6 Å². The summed E-state index contributed by atoms with van der Waals surface area (Å²) in [5.74, 6) is -1.06. The molecule has 1 aromatic carbocycles. The second kappa shape index (κ2) is 8.81. The van der Waals surface area contributed by atoms with Crippen LogP contribution >= 0.6 is 0 Å². The van der Waals surface area contributed by atoms with E-state index in [2.05, 4.69) is 41.8 Å². The largest absolute Gasteiger partial charge is 0.317 e. The maximum absolute atomic E-state index is 13.9. The molecule has 1 saturated heterocycles. The molecule has 32 heavy (non-hydrogen) atoms. The molecule has 4 heterocycles. The minimum Gasteiger partial charge on any atom is -0.317 e. The maximum atomic E-state index is 13.9. The first-order chi connectivity index (χ1) is 15.7. The summed E-state index contributed by atoms with van der Waals surface area (Å²) in [7, 11) is 0. The van der Waals surface area contributed by atoms with Crippen LogP contribution in [0.25, 0.3) is 22.0 Å². The number of nitrogens with zero attached hydrogens (tertiary/aromatic N) is 4. The van der Waals surface area contributed by atoms with Crippen LogP contribution in [-0.2, 0) is 6.54 Å². The molecule has 0 spiro atoms. The Morgan fingerprint density at radius 2 is 1.94 bits per heavy atom. The minimum atomic E-state index is -0.554. The number of pyridine rings is 2. The zero-order valence-electron chi connectivity index (χ0n) is 17.3. The summed E-state index contributed by atoms with van der Waals surface area (Å²) < 4.78 is 13.9. The SMILES string of the molecule is O=C(Nc1cnccc1F)c1n[nH]c2ccc(-c3cncc(CN4CCNCC4)c3)cc12. The number of aromatic amines is 1. The first-order valence-corrected chi connectivity index (χ1v) is 10.4. The predicted molar refractivity (Wildman–Crippen MR) is 120 cm³/mol. The van der Waals surface area contributed by atoms with E-state index in [9.17, 15) is 9.18 Å². The number of amides is 1. The van der Waals surface area contributed by atoms with Gasteiger partial charge in [0.15, 0.2) is 5.69 Å². The lowest BCUT2D eigenvalue weighted by Gasteiger charge is -2.27. The number of carbonyl (C=O) groups excluding carboxylic acids is 1. The fourth-order valence-corrected chi connectivity index (χ4v) is 3.88. The number of piperazine rings is 1. The summed E-state index contributed by atoms with van der Waals surface area (Å²) in [4.78, 5) is 23.4. The average Bonchev–Trinajstić information content (AvgIpc) is 3.25. The molecule has 1 aliphatic heterocycles. The average molecular weight is 431 g/mol. The Balaban J connectivity index is 1.42. The van der Waals surface area contributed by atoms with Crippen molar-refractivity contribution in [2.24, 2.45) is 0 Å². The second-order valence-corrected chi connectivity index (χ2v) is 7.75. The van der Waals surface area contributed by atoms with E-state index >= 15 is 0 Å². The highest BCUT2D eigenvalue weighted by Gasteiger charge is 2.17. The molecule has 5 rings (SSSR count). The third-order valence-corrected chi connectivity index (χ3v) is 5.54. The molecule has 0 unspecified atom stereocenters. The van der Waals surface area contributed by atoms with Crippen LogP contribution in [-0.4, -0.2) is 57.2 Å². The fraction of sp³-hybridized carbons (Fsp3) is 0.217. The number of carbonyl (C=O) groups is 1. The molecule has 1 aliphatic rings. The smallest absolute Gasteiger partial charge is 0.276 e. The third-order valence-electron chi connectivity index (χ3n) is 5.54. The molecule has 0 bridgehead atoms. The van der Waals surface area contributed by atoms with Crippen LogP contribution in [0.2, 0.25) is 0 Å². The summed E-state index contributed by atoms with van der Waals surface area (Å²) in [5.41, 5.74) is 3.95. The van der Waals surface area contributed by atoms with Gasteiger partial charge in [-0.05, 0) is 35.4 Å². The Hall–Kier alpha value is -3.69. The van der Waals surface area contributed by atoms with E-state index in [4.69, 9.17) is 0 Å². The molecule has 9 heteroatoms. The van der Waals surface area contributed by atoms with Gasteiger partial charge >= 0.3 is 0 Å². The number of hydrogen-bond donors (Lipinski definition) is 3. The van der Waals surface area contributed by atoms with Gasteiger partial charge in [0.05, 0.1) is 17.4 Å². The second-order valence-electron chi connectivity index (χ2n) is 7.75. The summed E-state index contributed by atoms with van der Waals surface area (Å²) in [6.07, 6.45) is 6.30. The maximum Gasteiger partial charge on any atom is 0.276 e. The molecule has 1 fully saturated rings. The Labute approximate surface area is 183 Å². The van der Waals surface area contributed by atoms with Gasteiger partial charge in [-0.3, -0.25) is 24.8 Å². The molecule has 0 atom stereocenters. The summed E-state index contributed by atoms with van der Waals surface area (Å²) in [6.45, 7) is 4.87. The zero-order valence-corrected chi connectivity index (χ0v) is 17.3. The van der Waals surface area contributed by atoms with Gasteiger partial charge in [0, 0.05) is 62.3 Å². The van der Waals surface area contributed by atoms with Gasteiger partial charge in [0.2, 0.25) is 0 Å². The Bertz CT molecular complexity index is 1270. The number of hydrogen-bond acceptors (Lipinski definition) is 6.